The molecule has 0 aliphatic carbocycles. The average Bonchev–Trinajstić information content (AvgIpc) is 3.44. The maximum Gasteiger partial charge on any atom is 0.310 e. The van der Waals surface area contributed by atoms with Gasteiger partial charge in [0.1, 0.15) is 5.82 Å². The van der Waals surface area contributed by atoms with Crippen LogP contribution in [-0.4, -0.2) is 78.7 Å². The number of carbonyl (C=O) groups is 2. The van der Waals surface area contributed by atoms with Crippen molar-refractivity contribution in [3.8, 4) is 11.1 Å². The van der Waals surface area contributed by atoms with Gasteiger partial charge in [-0.2, -0.15) is 15.4 Å². The van der Waals surface area contributed by atoms with E-state index < -0.39 is 17.9 Å². The van der Waals surface area contributed by atoms with E-state index in [-0.39, 0.29) is 24.1 Å². The lowest BCUT2D eigenvalue weighted by atomic mass is 9.93. The standard InChI is InChI=1S/C27H33ClFN5O4/c1-4-38-27(36)20(17-34(2)11-12-37-3)14-22(31-26(35)25-16-30-33-32-25)13-18-5-7-19(8-6-18)23-15-21(28)9-10-24(23)29/h5-10,15-16,20,22H,4,11-14,17H2,1-3H3,(H,31,35)(H,30,32,33)/t20?,22-/m1/s1. The summed E-state index contributed by atoms with van der Waals surface area (Å²) in [5.41, 5.74) is 2.13. The van der Waals surface area contributed by atoms with E-state index in [1.54, 1.807) is 20.1 Å². The molecule has 1 heterocycles. The first-order chi connectivity index (χ1) is 18.3. The molecule has 0 saturated carbocycles. The zero-order valence-corrected chi connectivity index (χ0v) is 22.5. The molecule has 2 atom stereocenters. The lowest BCUT2D eigenvalue weighted by molar-refractivity contribution is -0.149. The Bertz CT molecular complexity index is 1180. The molecule has 1 aromatic heterocycles. The molecule has 11 heteroatoms. The molecule has 2 N–H and O–H groups in total. The number of nitrogens with one attached hydrogen (secondary N) is 2. The molecule has 0 aliphatic heterocycles. The van der Waals surface area contributed by atoms with Crippen molar-refractivity contribution in [2.75, 3.05) is 40.5 Å². The number of halogens is 2. The van der Waals surface area contributed by atoms with Crippen molar-refractivity contribution in [3.05, 3.63) is 70.8 Å². The smallest absolute Gasteiger partial charge is 0.310 e. The average molecular weight is 546 g/mol. The molecule has 3 aromatic rings. The van der Waals surface area contributed by atoms with Crippen LogP contribution in [0.4, 0.5) is 4.39 Å². The Balaban J connectivity index is 1.81. The number of aromatic nitrogens is 3. The number of hydrogen-bond acceptors (Lipinski definition) is 7. The van der Waals surface area contributed by atoms with E-state index in [2.05, 4.69) is 20.7 Å². The van der Waals surface area contributed by atoms with Gasteiger partial charge < -0.3 is 19.7 Å². The van der Waals surface area contributed by atoms with Crippen LogP contribution in [0.2, 0.25) is 5.02 Å². The summed E-state index contributed by atoms with van der Waals surface area (Å²) in [4.78, 5) is 27.7. The highest BCUT2D eigenvalue weighted by Gasteiger charge is 2.27. The molecule has 9 nitrogen and oxygen atoms in total. The third-order valence-corrected chi connectivity index (χ3v) is 6.29. The normalized spacial score (nSPS) is 12.8. The van der Waals surface area contributed by atoms with E-state index in [1.807, 2.05) is 36.2 Å². The van der Waals surface area contributed by atoms with Crippen molar-refractivity contribution in [1.82, 2.24) is 25.6 Å². The van der Waals surface area contributed by atoms with E-state index in [1.165, 1.54) is 18.3 Å². The van der Waals surface area contributed by atoms with Gasteiger partial charge in [0.15, 0.2) is 5.69 Å². The first-order valence-corrected chi connectivity index (χ1v) is 12.7. The fourth-order valence-electron chi connectivity index (χ4n) is 4.15. The molecule has 0 fully saturated rings. The van der Waals surface area contributed by atoms with Crippen LogP contribution < -0.4 is 5.32 Å². The fourth-order valence-corrected chi connectivity index (χ4v) is 4.32. The summed E-state index contributed by atoms with van der Waals surface area (Å²) in [6.45, 7) is 3.62. The highest BCUT2D eigenvalue weighted by Crippen LogP contribution is 2.27. The van der Waals surface area contributed by atoms with Gasteiger partial charge in [-0.05, 0) is 56.1 Å². The zero-order valence-electron chi connectivity index (χ0n) is 21.7. The second kappa shape index (κ2) is 14.6. The van der Waals surface area contributed by atoms with Crippen LogP contribution in [-0.2, 0) is 20.7 Å². The molecule has 1 unspecified atom stereocenters. The van der Waals surface area contributed by atoms with Crippen LogP contribution in [0.3, 0.4) is 0 Å². The highest BCUT2D eigenvalue weighted by atomic mass is 35.5. The molecule has 3 rings (SSSR count). The molecule has 0 saturated heterocycles. The van der Waals surface area contributed by atoms with Crippen molar-refractivity contribution < 1.29 is 23.5 Å². The lowest BCUT2D eigenvalue weighted by Gasteiger charge is -2.27. The second-order valence-corrected chi connectivity index (χ2v) is 9.43. The minimum atomic E-state index is -0.487. The molecular formula is C27H33ClFN5O4. The van der Waals surface area contributed by atoms with Crippen LogP contribution in [0.1, 0.15) is 29.4 Å². The van der Waals surface area contributed by atoms with E-state index in [4.69, 9.17) is 21.1 Å². The Morgan fingerprint density at radius 1 is 1.21 bits per heavy atom. The van der Waals surface area contributed by atoms with Gasteiger partial charge in [0.05, 0.1) is 25.3 Å². The topological polar surface area (TPSA) is 109 Å². The summed E-state index contributed by atoms with van der Waals surface area (Å²) in [5, 5.41) is 13.4. The number of nitrogens with zero attached hydrogens (tertiary/aromatic N) is 3. The number of likely N-dealkylation sites (N-methyl/N-ethyl adjacent to an activating group) is 1. The van der Waals surface area contributed by atoms with Gasteiger partial charge in [-0.25, -0.2) is 4.39 Å². The number of esters is 1. The summed E-state index contributed by atoms with van der Waals surface area (Å²) in [5.74, 6) is -1.59. The molecule has 1 amide bonds. The van der Waals surface area contributed by atoms with Crippen molar-refractivity contribution >= 4 is 23.5 Å². The van der Waals surface area contributed by atoms with Crippen molar-refractivity contribution in [1.29, 1.82) is 0 Å². The molecule has 0 spiro atoms. The molecule has 0 aliphatic rings. The van der Waals surface area contributed by atoms with Crippen molar-refractivity contribution in [2.45, 2.75) is 25.8 Å². The predicted octanol–water partition coefficient (Wildman–Crippen LogP) is 3.75. The highest BCUT2D eigenvalue weighted by molar-refractivity contribution is 6.30. The van der Waals surface area contributed by atoms with Gasteiger partial charge in [-0.15, -0.1) is 0 Å². The first-order valence-electron chi connectivity index (χ1n) is 12.4. The SMILES string of the molecule is CCOC(=O)C(C[C@@H](Cc1ccc(-c2cc(Cl)ccc2F)cc1)NC(=O)c1cn[nH]n1)CN(C)CCOC. The predicted molar refractivity (Wildman–Crippen MR) is 142 cm³/mol. The first kappa shape index (κ1) is 29.2. The molecule has 204 valence electrons. The summed E-state index contributed by atoms with van der Waals surface area (Å²) in [7, 11) is 3.53. The number of carbonyl (C=O) groups excluding carboxylic acids is 2. The third-order valence-electron chi connectivity index (χ3n) is 6.06. The zero-order chi connectivity index (χ0) is 27.5. The van der Waals surface area contributed by atoms with E-state index in [0.29, 0.717) is 48.7 Å². The summed E-state index contributed by atoms with van der Waals surface area (Å²) >= 11 is 6.05. The number of methoxy groups -OCH3 is 1. The van der Waals surface area contributed by atoms with Gasteiger partial charge in [0, 0.05) is 36.8 Å². The fraction of sp³-hybridized carbons (Fsp3) is 0.407. The van der Waals surface area contributed by atoms with Crippen molar-refractivity contribution in [3.63, 3.8) is 0 Å². The maximum atomic E-state index is 14.3. The van der Waals surface area contributed by atoms with Crippen LogP contribution in [0.15, 0.2) is 48.7 Å². The number of rotatable bonds is 14. The Morgan fingerprint density at radius 3 is 2.63 bits per heavy atom. The number of aromatic amines is 1. The lowest BCUT2D eigenvalue weighted by Crippen LogP contribution is -2.42. The minimum Gasteiger partial charge on any atom is -0.466 e. The van der Waals surface area contributed by atoms with Gasteiger partial charge in [0.25, 0.3) is 5.91 Å². The van der Waals surface area contributed by atoms with Gasteiger partial charge in [0.2, 0.25) is 0 Å². The van der Waals surface area contributed by atoms with Gasteiger partial charge in [-0.1, -0.05) is 35.9 Å². The monoisotopic (exact) mass is 545 g/mol. The number of amides is 1. The Hall–Kier alpha value is -3.34. The second-order valence-electron chi connectivity index (χ2n) is 8.99. The van der Waals surface area contributed by atoms with Crippen LogP contribution in [0.25, 0.3) is 11.1 Å². The van der Waals surface area contributed by atoms with Crippen molar-refractivity contribution in [2.24, 2.45) is 5.92 Å². The Kier molecular flexibility index (Phi) is 11.2. The van der Waals surface area contributed by atoms with Crippen LogP contribution in [0.5, 0.6) is 0 Å². The summed E-state index contributed by atoms with van der Waals surface area (Å²) < 4.78 is 24.8. The quantitative estimate of drug-likeness (QED) is 0.297. The molecule has 0 bridgehead atoms. The Morgan fingerprint density at radius 2 is 1.97 bits per heavy atom. The van der Waals surface area contributed by atoms with E-state index in [0.717, 1.165) is 5.56 Å². The number of benzene rings is 2. The van der Waals surface area contributed by atoms with E-state index >= 15 is 0 Å². The number of H-pyrrole nitrogens is 1. The largest absolute Gasteiger partial charge is 0.466 e. The maximum absolute atomic E-state index is 14.3. The molecule has 2 aromatic carbocycles. The number of ether oxygens (including phenoxy) is 2. The molecule has 38 heavy (non-hydrogen) atoms. The summed E-state index contributed by atoms with van der Waals surface area (Å²) in [6.07, 6.45) is 2.10. The Labute approximate surface area is 226 Å². The van der Waals surface area contributed by atoms with Gasteiger partial charge in [-0.3, -0.25) is 9.59 Å². The van der Waals surface area contributed by atoms with Crippen LogP contribution >= 0.6 is 11.6 Å². The molecular weight excluding hydrogens is 513 g/mol. The minimum absolute atomic E-state index is 0.145. The van der Waals surface area contributed by atoms with E-state index in [9.17, 15) is 14.0 Å². The summed E-state index contributed by atoms with van der Waals surface area (Å²) in [6, 6.07) is 11.4. The number of hydrogen-bond donors (Lipinski definition) is 2. The van der Waals surface area contributed by atoms with Crippen LogP contribution in [0, 0.1) is 11.7 Å². The van der Waals surface area contributed by atoms with Gasteiger partial charge >= 0.3 is 5.97 Å². The third kappa shape index (κ3) is 8.61. The molecule has 0 radical (unpaired) electrons.